The summed E-state index contributed by atoms with van der Waals surface area (Å²) >= 11 is 4.50. The molecule has 10 heteroatoms. The van der Waals surface area contributed by atoms with E-state index in [4.69, 9.17) is 0 Å². The van der Waals surface area contributed by atoms with Gasteiger partial charge in [-0.2, -0.15) is 0 Å². The number of amides is 1. The molecule has 0 radical (unpaired) electrons. The number of benzene rings is 1. The molecule has 130 valence electrons. The Bertz CT molecular complexity index is 872. The Hall–Kier alpha value is -1.36. The number of rotatable bonds is 4. The van der Waals surface area contributed by atoms with Gasteiger partial charge < -0.3 is 0 Å². The van der Waals surface area contributed by atoms with Gasteiger partial charge in [0, 0.05) is 10.0 Å². The minimum absolute atomic E-state index is 0.0132. The lowest BCUT2D eigenvalue weighted by Gasteiger charge is -2.20. The molecule has 24 heavy (non-hydrogen) atoms. The molecule has 2 rings (SSSR count). The van der Waals surface area contributed by atoms with E-state index in [1.807, 2.05) is 0 Å². The van der Waals surface area contributed by atoms with Gasteiger partial charge in [0.1, 0.15) is 5.01 Å². The Labute approximate surface area is 153 Å². The molecule has 1 heterocycles. The Morgan fingerprint density at radius 1 is 1.25 bits per heavy atom. The van der Waals surface area contributed by atoms with Crippen molar-refractivity contribution in [2.24, 2.45) is 0 Å². The third kappa shape index (κ3) is 4.82. The smallest absolute Gasteiger partial charge is 0.258 e. The van der Waals surface area contributed by atoms with Crippen molar-refractivity contribution in [3.8, 4) is 0 Å². The van der Waals surface area contributed by atoms with E-state index >= 15 is 0 Å². The van der Waals surface area contributed by atoms with Crippen molar-refractivity contribution in [1.29, 1.82) is 0 Å². The number of anilines is 1. The first-order valence-electron chi connectivity index (χ1n) is 6.93. The van der Waals surface area contributed by atoms with E-state index in [2.05, 4.69) is 36.2 Å². The highest BCUT2D eigenvalue weighted by Crippen LogP contribution is 2.24. The molecule has 0 saturated carbocycles. The number of aryl methyl sites for hydroxylation is 1. The quantitative estimate of drug-likeness (QED) is 0.772. The van der Waals surface area contributed by atoms with Crippen LogP contribution in [-0.4, -0.2) is 30.1 Å². The van der Waals surface area contributed by atoms with Crippen molar-refractivity contribution < 1.29 is 13.2 Å². The van der Waals surface area contributed by atoms with Crippen molar-refractivity contribution in [1.82, 2.24) is 14.9 Å². The van der Waals surface area contributed by atoms with Gasteiger partial charge in [-0.1, -0.05) is 11.3 Å². The molecule has 0 unspecified atom stereocenters. The van der Waals surface area contributed by atoms with Crippen LogP contribution in [-0.2, 0) is 10.0 Å². The summed E-state index contributed by atoms with van der Waals surface area (Å²) in [7, 11) is -3.74. The molecule has 1 amide bonds. The molecule has 0 aliphatic carbocycles. The van der Waals surface area contributed by atoms with Gasteiger partial charge >= 0.3 is 0 Å². The van der Waals surface area contributed by atoms with Crippen molar-refractivity contribution in [2.75, 3.05) is 5.32 Å². The van der Waals surface area contributed by atoms with Crippen LogP contribution in [0.15, 0.2) is 27.6 Å². The Morgan fingerprint density at radius 2 is 1.92 bits per heavy atom. The van der Waals surface area contributed by atoms with E-state index in [1.54, 1.807) is 27.7 Å². The first-order valence-corrected chi connectivity index (χ1v) is 10.0. The molecule has 0 spiro atoms. The van der Waals surface area contributed by atoms with Gasteiger partial charge in [0.2, 0.25) is 15.2 Å². The van der Waals surface area contributed by atoms with E-state index in [0.29, 0.717) is 9.60 Å². The maximum Gasteiger partial charge on any atom is 0.258 e. The molecular formula is C14H17BrN4O3S2. The monoisotopic (exact) mass is 432 g/mol. The summed E-state index contributed by atoms with van der Waals surface area (Å²) in [6.07, 6.45) is 0. The van der Waals surface area contributed by atoms with Crippen LogP contribution >= 0.6 is 27.3 Å². The first-order chi connectivity index (χ1) is 11.0. The van der Waals surface area contributed by atoms with Crippen molar-refractivity contribution >= 4 is 48.3 Å². The lowest BCUT2D eigenvalue weighted by molar-refractivity contribution is 0.102. The maximum atomic E-state index is 12.4. The zero-order valence-electron chi connectivity index (χ0n) is 13.5. The first kappa shape index (κ1) is 19.0. The Balaban J connectivity index is 2.33. The van der Waals surface area contributed by atoms with Gasteiger partial charge in [0.15, 0.2) is 0 Å². The summed E-state index contributed by atoms with van der Waals surface area (Å²) in [5.41, 5.74) is -0.432. The van der Waals surface area contributed by atoms with Crippen molar-refractivity contribution in [2.45, 2.75) is 38.1 Å². The molecule has 1 aromatic carbocycles. The van der Waals surface area contributed by atoms with Crippen LogP contribution in [0.25, 0.3) is 0 Å². The van der Waals surface area contributed by atoms with Crippen LogP contribution in [0.2, 0.25) is 0 Å². The molecule has 0 aliphatic heterocycles. The molecule has 2 aromatic rings. The lowest BCUT2D eigenvalue weighted by Crippen LogP contribution is -2.40. The van der Waals surface area contributed by atoms with Crippen LogP contribution in [0, 0.1) is 6.92 Å². The van der Waals surface area contributed by atoms with Crippen molar-refractivity contribution in [3.63, 3.8) is 0 Å². The molecule has 0 saturated heterocycles. The predicted octanol–water partition coefficient (Wildman–Crippen LogP) is 2.94. The summed E-state index contributed by atoms with van der Waals surface area (Å²) in [4.78, 5) is 12.4. The van der Waals surface area contributed by atoms with Gasteiger partial charge in [-0.15, -0.1) is 10.2 Å². The molecule has 7 nitrogen and oxygen atoms in total. The zero-order chi connectivity index (χ0) is 18.1. The van der Waals surface area contributed by atoms with Gasteiger partial charge in [0.25, 0.3) is 5.91 Å². The number of hydrogen-bond acceptors (Lipinski definition) is 6. The van der Waals surface area contributed by atoms with Crippen LogP contribution in [0.1, 0.15) is 36.1 Å². The Kier molecular flexibility index (Phi) is 5.43. The summed E-state index contributed by atoms with van der Waals surface area (Å²) in [5.74, 6) is -0.467. The van der Waals surface area contributed by atoms with Crippen LogP contribution < -0.4 is 10.0 Å². The second-order valence-corrected chi connectivity index (χ2v) is 9.80. The van der Waals surface area contributed by atoms with Crippen LogP contribution in [0.3, 0.4) is 0 Å². The zero-order valence-corrected chi connectivity index (χ0v) is 16.8. The second kappa shape index (κ2) is 6.87. The summed E-state index contributed by atoms with van der Waals surface area (Å²) in [5, 5.41) is 11.3. The number of halogens is 1. The maximum absolute atomic E-state index is 12.4. The van der Waals surface area contributed by atoms with E-state index in [1.165, 1.54) is 29.5 Å². The fourth-order valence-corrected chi connectivity index (χ4v) is 4.28. The number of aromatic nitrogens is 2. The number of hydrogen-bond donors (Lipinski definition) is 2. The third-order valence-electron chi connectivity index (χ3n) is 2.68. The molecule has 0 bridgehead atoms. The molecular weight excluding hydrogens is 416 g/mol. The summed E-state index contributed by atoms with van der Waals surface area (Å²) < 4.78 is 27.9. The molecule has 2 N–H and O–H groups in total. The fourth-order valence-electron chi connectivity index (χ4n) is 1.82. The minimum Gasteiger partial charge on any atom is -0.296 e. The van der Waals surface area contributed by atoms with Gasteiger partial charge in [-0.05, 0) is 61.8 Å². The van der Waals surface area contributed by atoms with Gasteiger partial charge in [-0.25, -0.2) is 13.1 Å². The average molecular weight is 433 g/mol. The van der Waals surface area contributed by atoms with Gasteiger partial charge in [-0.3, -0.25) is 10.1 Å². The Morgan fingerprint density at radius 3 is 2.46 bits per heavy atom. The van der Waals surface area contributed by atoms with Crippen molar-refractivity contribution in [3.05, 3.63) is 33.2 Å². The SMILES string of the molecule is Cc1nnc(NC(=O)c2cc(S(=O)(=O)NC(C)(C)C)ccc2Br)s1. The number of sulfonamides is 1. The predicted molar refractivity (Wildman–Crippen MR) is 96.8 cm³/mol. The number of carbonyl (C=O) groups excluding carboxylic acids is 1. The standard InChI is InChI=1S/C14H17BrN4O3S2/c1-8-17-18-13(23-8)16-12(20)10-7-9(5-6-11(10)15)24(21,22)19-14(2,3)4/h5-7,19H,1-4H3,(H,16,18,20). The largest absolute Gasteiger partial charge is 0.296 e. The average Bonchev–Trinajstić information content (AvgIpc) is 2.81. The molecule has 0 aliphatic rings. The van der Waals surface area contributed by atoms with E-state index in [9.17, 15) is 13.2 Å². The molecule has 0 atom stereocenters. The van der Waals surface area contributed by atoms with Crippen LogP contribution in [0.4, 0.5) is 5.13 Å². The normalized spacial score (nSPS) is 12.2. The highest BCUT2D eigenvalue weighted by molar-refractivity contribution is 9.10. The van der Waals surface area contributed by atoms with Crippen LogP contribution in [0.5, 0.6) is 0 Å². The topological polar surface area (TPSA) is 101 Å². The summed E-state index contributed by atoms with van der Waals surface area (Å²) in [6.45, 7) is 7.01. The second-order valence-electron chi connectivity index (χ2n) is 6.08. The number of carbonyl (C=O) groups is 1. The minimum atomic E-state index is -3.74. The van der Waals surface area contributed by atoms with E-state index in [0.717, 1.165) is 5.01 Å². The summed E-state index contributed by atoms with van der Waals surface area (Å²) in [6, 6.07) is 4.28. The highest BCUT2D eigenvalue weighted by atomic mass is 79.9. The van der Waals surface area contributed by atoms with Gasteiger partial charge in [0.05, 0.1) is 10.5 Å². The fraction of sp³-hybridized carbons (Fsp3) is 0.357. The lowest BCUT2D eigenvalue weighted by atomic mass is 10.1. The highest BCUT2D eigenvalue weighted by Gasteiger charge is 2.24. The number of nitrogens with zero attached hydrogens (tertiary/aromatic N) is 2. The molecule has 0 fully saturated rings. The molecule has 1 aromatic heterocycles. The van der Waals surface area contributed by atoms with E-state index < -0.39 is 21.5 Å². The van der Waals surface area contributed by atoms with E-state index in [-0.39, 0.29) is 10.5 Å². The third-order valence-corrected chi connectivity index (χ3v) is 5.88. The number of nitrogens with one attached hydrogen (secondary N) is 2.